The third-order valence-corrected chi connectivity index (χ3v) is 4.62. The highest BCUT2D eigenvalue weighted by atomic mass is 16.2. The lowest BCUT2D eigenvalue weighted by atomic mass is 9.98. The average molecular weight is 222 g/mol. The van der Waals surface area contributed by atoms with E-state index in [9.17, 15) is 4.79 Å². The second kappa shape index (κ2) is 4.36. The summed E-state index contributed by atoms with van der Waals surface area (Å²) in [6.45, 7) is 2.14. The lowest BCUT2D eigenvalue weighted by Crippen LogP contribution is -2.49. The van der Waals surface area contributed by atoms with E-state index in [-0.39, 0.29) is 0 Å². The van der Waals surface area contributed by atoms with Gasteiger partial charge in [-0.05, 0) is 38.6 Å². The standard InChI is InChI=1S/C13H22N2O/c16-13(10-4-1-2-5-10)15-9-7-11-12(15)6-3-8-14-11/h10-12,14H,1-9H2. The van der Waals surface area contributed by atoms with Crippen molar-refractivity contribution < 1.29 is 4.79 Å². The molecule has 90 valence electrons. The van der Waals surface area contributed by atoms with Crippen molar-refractivity contribution in [3.8, 4) is 0 Å². The first kappa shape index (κ1) is 10.6. The molecule has 0 spiro atoms. The molecule has 3 rings (SSSR count). The monoisotopic (exact) mass is 222 g/mol. The van der Waals surface area contributed by atoms with Crippen molar-refractivity contribution in [3.63, 3.8) is 0 Å². The molecular weight excluding hydrogens is 200 g/mol. The summed E-state index contributed by atoms with van der Waals surface area (Å²) in [5.41, 5.74) is 0. The van der Waals surface area contributed by atoms with Crippen LogP contribution in [0.1, 0.15) is 44.9 Å². The zero-order valence-corrected chi connectivity index (χ0v) is 9.95. The van der Waals surface area contributed by atoms with E-state index < -0.39 is 0 Å². The molecule has 3 nitrogen and oxygen atoms in total. The van der Waals surface area contributed by atoms with Gasteiger partial charge in [0.15, 0.2) is 0 Å². The first-order chi connectivity index (χ1) is 7.86. The molecule has 0 bridgehead atoms. The molecule has 0 radical (unpaired) electrons. The first-order valence-corrected chi connectivity index (χ1v) is 6.90. The summed E-state index contributed by atoms with van der Waals surface area (Å²) < 4.78 is 0. The largest absolute Gasteiger partial charge is 0.338 e. The maximum Gasteiger partial charge on any atom is 0.225 e. The summed E-state index contributed by atoms with van der Waals surface area (Å²) in [4.78, 5) is 14.6. The van der Waals surface area contributed by atoms with Gasteiger partial charge in [-0.1, -0.05) is 12.8 Å². The van der Waals surface area contributed by atoms with E-state index in [1.165, 1.54) is 32.1 Å². The van der Waals surface area contributed by atoms with Crippen LogP contribution in [0.3, 0.4) is 0 Å². The van der Waals surface area contributed by atoms with Crippen LogP contribution < -0.4 is 5.32 Å². The first-order valence-electron chi connectivity index (χ1n) is 6.90. The lowest BCUT2D eigenvalue weighted by molar-refractivity contribution is -0.136. The third kappa shape index (κ3) is 1.75. The molecule has 0 aromatic carbocycles. The van der Waals surface area contributed by atoms with Crippen LogP contribution in [0.4, 0.5) is 0 Å². The van der Waals surface area contributed by atoms with Gasteiger partial charge in [0.05, 0.1) is 0 Å². The molecule has 0 aromatic rings. The molecule has 1 saturated carbocycles. The molecule has 1 amide bonds. The Bertz CT molecular complexity index is 273. The van der Waals surface area contributed by atoms with Crippen LogP contribution in [-0.2, 0) is 4.79 Å². The predicted molar refractivity (Wildman–Crippen MR) is 63.1 cm³/mol. The summed E-state index contributed by atoms with van der Waals surface area (Å²) in [5.74, 6) is 0.828. The fourth-order valence-corrected chi connectivity index (χ4v) is 3.73. The minimum absolute atomic E-state index is 0.362. The van der Waals surface area contributed by atoms with Crippen LogP contribution in [0.15, 0.2) is 0 Å². The van der Waals surface area contributed by atoms with Crippen molar-refractivity contribution in [2.24, 2.45) is 5.92 Å². The topological polar surface area (TPSA) is 32.3 Å². The summed E-state index contributed by atoms with van der Waals surface area (Å²) in [6.07, 6.45) is 8.42. The van der Waals surface area contributed by atoms with Crippen molar-refractivity contribution in [2.75, 3.05) is 13.1 Å². The second-order valence-electron chi connectivity index (χ2n) is 5.57. The fourth-order valence-electron chi connectivity index (χ4n) is 3.73. The zero-order valence-electron chi connectivity index (χ0n) is 9.95. The van der Waals surface area contributed by atoms with Crippen molar-refractivity contribution in [2.45, 2.75) is 57.0 Å². The van der Waals surface area contributed by atoms with E-state index >= 15 is 0 Å². The van der Waals surface area contributed by atoms with Crippen LogP contribution in [0.5, 0.6) is 0 Å². The molecule has 2 saturated heterocycles. The Morgan fingerprint density at radius 2 is 1.88 bits per heavy atom. The smallest absolute Gasteiger partial charge is 0.225 e. The molecule has 2 atom stereocenters. The van der Waals surface area contributed by atoms with E-state index in [0.717, 1.165) is 25.9 Å². The SMILES string of the molecule is O=C(C1CCCC1)N1CCC2NCCCC21. The Labute approximate surface area is 97.6 Å². The van der Waals surface area contributed by atoms with Gasteiger partial charge in [0.25, 0.3) is 0 Å². The van der Waals surface area contributed by atoms with E-state index in [2.05, 4.69) is 10.2 Å². The number of nitrogens with zero attached hydrogens (tertiary/aromatic N) is 1. The molecule has 1 N–H and O–H groups in total. The number of piperidine rings is 1. The highest BCUT2D eigenvalue weighted by molar-refractivity contribution is 5.79. The van der Waals surface area contributed by atoms with Gasteiger partial charge in [0.2, 0.25) is 5.91 Å². The van der Waals surface area contributed by atoms with E-state index in [1.54, 1.807) is 0 Å². The molecule has 1 aliphatic carbocycles. The number of nitrogens with one attached hydrogen (secondary N) is 1. The number of carbonyl (C=O) groups excluding carboxylic acids is 1. The molecule has 2 unspecified atom stereocenters. The molecule has 3 heteroatoms. The zero-order chi connectivity index (χ0) is 11.0. The molecular formula is C13H22N2O. The molecule has 2 aliphatic heterocycles. The number of carbonyl (C=O) groups is 1. The van der Waals surface area contributed by atoms with Gasteiger partial charge < -0.3 is 10.2 Å². The van der Waals surface area contributed by atoms with Crippen molar-refractivity contribution in [3.05, 3.63) is 0 Å². The molecule has 3 aliphatic rings. The predicted octanol–water partition coefficient (Wildman–Crippen LogP) is 1.53. The van der Waals surface area contributed by atoms with Gasteiger partial charge in [-0.15, -0.1) is 0 Å². The number of hydrogen-bond donors (Lipinski definition) is 1. The normalized spacial score (nSPS) is 35.4. The second-order valence-corrected chi connectivity index (χ2v) is 5.57. The average Bonchev–Trinajstić information content (AvgIpc) is 2.98. The van der Waals surface area contributed by atoms with Crippen molar-refractivity contribution in [1.29, 1.82) is 0 Å². The number of rotatable bonds is 1. The van der Waals surface area contributed by atoms with E-state index in [4.69, 9.17) is 0 Å². The Kier molecular flexibility index (Phi) is 2.88. The Hall–Kier alpha value is -0.570. The Morgan fingerprint density at radius 3 is 2.69 bits per heavy atom. The number of amides is 1. The maximum atomic E-state index is 12.4. The van der Waals surface area contributed by atoms with Crippen molar-refractivity contribution >= 4 is 5.91 Å². The van der Waals surface area contributed by atoms with Gasteiger partial charge in [-0.25, -0.2) is 0 Å². The van der Waals surface area contributed by atoms with Gasteiger partial charge in [-0.3, -0.25) is 4.79 Å². The number of fused-ring (bicyclic) bond motifs is 1. The van der Waals surface area contributed by atoms with Gasteiger partial charge in [0.1, 0.15) is 0 Å². The molecule has 2 heterocycles. The minimum Gasteiger partial charge on any atom is -0.338 e. The van der Waals surface area contributed by atoms with Crippen LogP contribution in [0.25, 0.3) is 0 Å². The van der Waals surface area contributed by atoms with Crippen LogP contribution in [-0.4, -0.2) is 36.0 Å². The third-order valence-electron chi connectivity index (χ3n) is 4.62. The molecule has 0 aromatic heterocycles. The Morgan fingerprint density at radius 1 is 1.06 bits per heavy atom. The van der Waals surface area contributed by atoms with Crippen LogP contribution >= 0.6 is 0 Å². The molecule has 16 heavy (non-hydrogen) atoms. The van der Waals surface area contributed by atoms with Crippen LogP contribution in [0.2, 0.25) is 0 Å². The van der Waals surface area contributed by atoms with Gasteiger partial charge >= 0.3 is 0 Å². The van der Waals surface area contributed by atoms with Gasteiger partial charge in [-0.2, -0.15) is 0 Å². The number of hydrogen-bond acceptors (Lipinski definition) is 2. The minimum atomic E-state index is 0.362. The highest BCUT2D eigenvalue weighted by Gasteiger charge is 2.40. The summed E-state index contributed by atoms with van der Waals surface area (Å²) >= 11 is 0. The van der Waals surface area contributed by atoms with E-state index in [1.807, 2.05) is 0 Å². The van der Waals surface area contributed by atoms with E-state index in [0.29, 0.717) is 23.9 Å². The Balaban J connectivity index is 1.67. The highest BCUT2D eigenvalue weighted by Crippen LogP contribution is 2.31. The fraction of sp³-hybridized carbons (Fsp3) is 0.923. The quantitative estimate of drug-likeness (QED) is 0.729. The van der Waals surface area contributed by atoms with Crippen molar-refractivity contribution in [1.82, 2.24) is 10.2 Å². The summed E-state index contributed by atoms with van der Waals surface area (Å²) in [7, 11) is 0. The molecule has 3 fully saturated rings. The summed E-state index contributed by atoms with van der Waals surface area (Å²) in [6, 6.07) is 1.11. The van der Waals surface area contributed by atoms with Gasteiger partial charge in [0, 0.05) is 24.5 Å². The van der Waals surface area contributed by atoms with Crippen LogP contribution in [0, 0.1) is 5.92 Å². The maximum absolute atomic E-state index is 12.4. The summed E-state index contributed by atoms with van der Waals surface area (Å²) in [5, 5.41) is 3.56. The number of likely N-dealkylation sites (tertiary alicyclic amines) is 1. The lowest BCUT2D eigenvalue weighted by Gasteiger charge is -2.33.